The van der Waals surface area contributed by atoms with E-state index in [-0.39, 0.29) is 5.95 Å². The molecule has 0 aliphatic heterocycles. The first-order chi connectivity index (χ1) is 11.8. The molecule has 0 atom stereocenters. The molecule has 24 heavy (non-hydrogen) atoms. The second-order valence-electron chi connectivity index (χ2n) is 6.15. The van der Waals surface area contributed by atoms with Gasteiger partial charge in [-0.2, -0.15) is 5.10 Å². The summed E-state index contributed by atoms with van der Waals surface area (Å²) < 4.78 is 7.41. The van der Waals surface area contributed by atoms with Gasteiger partial charge in [-0.25, -0.2) is 19.5 Å². The number of imidazole rings is 1. The standard InChI is InChI=1S/C17H20N6O/c1-24-14-9-15-20-10-13(12-7-8-19-17(18)21-12)23(15)22-16(14)11-5-3-2-4-6-11/h7-11H,2-6H2,1H3,(H2,18,19,21). The summed E-state index contributed by atoms with van der Waals surface area (Å²) in [6.45, 7) is 0. The Labute approximate surface area is 139 Å². The molecule has 0 aromatic carbocycles. The van der Waals surface area contributed by atoms with Crippen LogP contribution in [0.5, 0.6) is 5.75 Å². The van der Waals surface area contributed by atoms with Gasteiger partial charge in [-0.15, -0.1) is 0 Å². The Morgan fingerprint density at radius 3 is 2.79 bits per heavy atom. The molecule has 124 valence electrons. The highest BCUT2D eigenvalue weighted by atomic mass is 16.5. The van der Waals surface area contributed by atoms with Crippen LogP contribution in [0.25, 0.3) is 17.0 Å². The molecule has 1 fully saturated rings. The van der Waals surface area contributed by atoms with Gasteiger partial charge >= 0.3 is 0 Å². The molecule has 0 spiro atoms. The molecular weight excluding hydrogens is 304 g/mol. The van der Waals surface area contributed by atoms with E-state index in [9.17, 15) is 0 Å². The minimum Gasteiger partial charge on any atom is -0.495 e. The summed E-state index contributed by atoms with van der Waals surface area (Å²) in [4.78, 5) is 12.7. The second kappa shape index (κ2) is 6.07. The third-order valence-corrected chi connectivity index (χ3v) is 4.63. The first-order valence-electron chi connectivity index (χ1n) is 8.28. The van der Waals surface area contributed by atoms with Crippen molar-refractivity contribution in [1.82, 2.24) is 24.6 Å². The van der Waals surface area contributed by atoms with Crippen molar-refractivity contribution in [2.45, 2.75) is 38.0 Å². The van der Waals surface area contributed by atoms with E-state index in [0.29, 0.717) is 11.6 Å². The lowest BCUT2D eigenvalue weighted by atomic mass is 9.86. The minimum atomic E-state index is 0.239. The number of nitrogen functional groups attached to an aromatic ring is 1. The normalized spacial score (nSPS) is 15.7. The molecule has 2 N–H and O–H groups in total. The maximum Gasteiger partial charge on any atom is 0.220 e. The van der Waals surface area contributed by atoms with E-state index in [4.69, 9.17) is 15.6 Å². The monoisotopic (exact) mass is 324 g/mol. The van der Waals surface area contributed by atoms with Crippen LogP contribution in [-0.4, -0.2) is 31.7 Å². The van der Waals surface area contributed by atoms with Crippen LogP contribution < -0.4 is 10.5 Å². The fourth-order valence-corrected chi connectivity index (χ4v) is 3.43. The second-order valence-corrected chi connectivity index (χ2v) is 6.15. The molecule has 3 heterocycles. The molecule has 1 saturated carbocycles. The zero-order valence-corrected chi connectivity index (χ0v) is 13.6. The Morgan fingerprint density at radius 1 is 1.21 bits per heavy atom. The number of hydrogen-bond donors (Lipinski definition) is 1. The number of nitrogens with zero attached hydrogens (tertiary/aromatic N) is 5. The number of methoxy groups -OCH3 is 1. The SMILES string of the molecule is COc1cc2ncc(-c3ccnc(N)n3)n2nc1C1CCCCC1. The van der Waals surface area contributed by atoms with Crippen molar-refractivity contribution in [3.63, 3.8) is 0 Å². The van der Waals surface area contributed by atoms with E-state index >= 15 is 0 Å². The Morgan fingerprint density at radius 2 is 2.04 bits per heavy atom. The van der Waals surface area contributed by atoms with Crippen LogP contribution in [0.4, 0.5) is 5.95 Å². The molecule has 1 aliphatic rings. The van der Waals surface area contributed by atoms with Crippen molar-refractivity contribution in [3.05, 3.63) is 30.2 Å². The lowest BCUT2D eigenvalue weighted by Gasteiger charge is -2.22. The molecule has 4 rings (SSSR count). The summed E-state index contributed by atoms with van der Waals surface area (Å²) in [5.74, 6) is 1.49. The van der Waals surface area contributed by atoms with Crippen LogP contribution in [0.15, 0.2) is 24.5 Å². The molecule has 3 aromatic heterocycles. The number of ether oxygens (including phenoxy) is 1. The summed E-state index contributed by atoms with van der Waals surface area (Å²) in [5.41, 5.74) is 8.96. The average molecular weight is 324 g/mol. The molecule has 0 bridgehead atoms. The highest BCUT2D eigenvalue weighted by Crippen LogP contribution is 2.36. The molecule has 7 heteroatoms. The Balaban J connectivity index is 1.85. The Kier molecular flexibility index (Phi) is 3.76. The number of aromatic nitrogens is 5. The number of hydrogen-bond acceptors (Lipinski definition) is 6. The molecule has 0 amide bonds. The minimum absolute atomic E-state index is 0.239. The Hall–Kier alpha value is -2.70. The highest BCUT2D eigenvalue weighted by molar-refractivity contribution is 5.61. The maximum atomic E-state index is 5.71. The van der Waals surface area contributed by atoms with Gasteiger partial charge in [0.25, 0.3) is 0 Å². The predicted octanol–water partition coefficient (Wildman–Crippen LogP) is 2.82. The number of anilines is 1. The smallest absolute Gasteiger partial charge is 0.220 e. The van der Waals surface area contributed by atoms with Gasteiger partial charge in [0.2, 0.25) is 5.95 Å². The van der Waals surface area contributed by atoms with Crippen LogP contribution in [0.2, 0.25) is 0 Å². The van der Waals surface area contributed by atoms with E-state index in [1.807, 2.05) is 16.6 Å². The molecule has 0 unspecified atom stereocenters. The molecular formula is C17H20N6O. The van der Waals surface area contributed by atoms with Crippen molar-refractivity contribution in [2.24, 2.45) is 0 Å². The fraction of sp³-hybridized carbons (Fsp3) is 0.412. The third-order valence-electron chi connectivity index (χ3n) is 4.63. The summed E-state index contributed by atoms with van der Waals surface area (Å²) >= 11 is 0. The molecule has 0 saturated heterocycles. The number of fused-ring (bicyclic) bond motifs is 1. The largest absolute Gasteiger partial charge is 0.495 e. The number of nitrogens with two attached hydrogens (primary N) is 1. The summed E-state index contributed by atoms with van der Waals surface area (Å²) in [5, 5.41) is 4.86. The lowest BCUT2D eigenvalue weighted by Crippen LogP contribution is -2.11. The van der Waals surface area contributed by atoms with E-state index in [1.165, 1.54) is 19.3 Å². The summed E-state index contributed by atoms with van der Waals surface area (Å²) in [6, 6.07) is 3.76. The van der Waals surface area contributed by atoms with Gasteiger partial charge in [0, 0.05) is 18.2 Å². The lowest BCUT2D eigenvalue weighted by molar-refractivity contribution is 0.377. The first kappa shape index (κ1) is 14.9. The topological polar surface area (TPSA) is 91.2 Å². The van der Waals surface area contributed by atoms with Gasteiger partial charge in [0.15, 0.2) is 5.65 Å². The molecule has 1 aliphatic carbocycles. The van der Waals surface area contributed by atoms with Gasteiger partial charge in [-0.3, -0.25) is 0 Å². The Bertz CT molecular complexity index is 869. The molecule has 0 radical (unpaired) electrons. The first-order valence-corrected chi connectivity index (χ1v) is 8.28. The number of rotatable bonds is 3. The van der Waals surface area contributed by atoms with Gasteiger partial charge in [0.1, 0.15) is 17.1 Å². The fourth-order valence-electron chi connectivity index (χ4n) is 3.43. The quantitative estimate of drug-likeness (QED) is 0.796. The van der Waals surface area contributed by atoms with Crippen molar-refractivity contribution >= 4 is 11.6 Å². The molecule has 3 aromatic rings. The predicted molar refractivity (Wildman–Crippen MR) is 90.8 cm³/mol. The summed E-state index contributed by atoms with van der Waals surface area (Å²) in [7, 11) is 1.69. The van der Waals surface area contributed by atoms with Crippen LogP contribution in [-0.2, 0) is 0 Å². The van der Waals surface area contributed by atoms with Gasteiger partial charge < -0.3 is 10.5 Å². The van der Waals surface area contributed by atoms with Gasteiger partial charge in [-0.05, 0) is 18.9 Å². The highest BCUT2D eigenvalue weighted by Gasteiger charge is 2.23. The average Bonchev–Trinajstić information content (AvgIpc) is 3.04. The van der Waals surface area contributed by atoms with Crippen molar-refractivity contribution in [1.29, 1.82) is 0 Å². The van der Waals surface area contributed by atoms with E-state index < -0.39 is 0 Å². The summed E-state index contributed by atoms with van der Waals surface area (Å²) in [6.07, 6.45) is 9.49. The zero-order chi connectivity index (χ0) is 16.5. The van der Waals surface area contributed by atoms with E-state index in [1.54, 1.807) is 19.5 Å². The van der Waals surface area contributed by atoms with Crippen LogP contribution >= 0.6 is 0 Å². The van der Waals surface area contributed by atoms with Crippen LogP contribution in [0.3, 0.4) is 0 Å². The van der Waals surface area contributed by atoms with Gasteiger partial charge in [-0.1, -0.05) is 19.3 Å². The van der Waals surface area contributed by atoms with Crippen molar-refractivity contribution in [3.8, 4) is 17.1 Å². The van der Waals surface area contributed by atoms with E-state index in [0.717, 1.165) is 35.6 Å². The zero-order valence-electron chi connectivity index (χ0n) is 13.6. The van der Waals surface area contributed by atoms with Crippen molar-refractivity contribution < 1.29 is 4.74 Å². The molecule has 7 nitrogen and oxygen atoms in total. The third kappa shape index (κ3) is 2.55. The van der Waals surface area contributed by atoms with Crippen molar-refractivity contribution in [2.75, 3.05) is 12.8 Å². The van der Waals surface area contributed by atoms with Gasteiger partial charge in [0.05, 0.1) is 19.0 Å². The van der Waals surface area contributed by atoms with E-state index in [2.05, 4.69) is 15.0 Å². The van der Waals surface area contributed by atoms with Crippen LogP contribution in [0, 0.1) is 0 Å². The maximum absolute atomic E-state index is 5.71. The van der Waals surface area contributed by atoms with Crippen LogP contribution in [0.1, 0.15) is 43.7 Å².